The fraction of sp³-hybridized carbons (Fsp3) is 0.538. The number of carbonyl (C=O) groups is 1. The van der Waals surface area contributed by atoms with Crippen molar-refractivity contribution in [3.63, 3.8) is 0 Å². The molecule has 1 aliphatic heterocycles. The Morgan fingerprint density at radius 2 is 1.90 bits per heavy atom. The number of hydrogen-bond acceptors (Lipinski definition) is 4. The van der Waals surface area contributed by atoms with Crippen LogP contribution in [0.4, 0.5) is 5.82 Å². The van der Waals surface area contributed by atoms with Crippen molar-refractivity contribution in [1.29, 1.82) is 0 Å². The molecule has 5 nitrogen and oxygen atoms in total. The van der Waals surface area contributed by atoms with Crippen LogP contribution in [0, 0.1) is 5.92 Å². The first-order valence-electron chi connectivity index (χ1n) is 11.8. The molecule has 1 atom stereocenters. The average Bonchev–Trinajstić information content (AvgIpc) is 3.29. The average molecular weight is 422 g/mol. The highest BCUT2D eigenvalue weighted by atomic mass is 16.5. The van der Waals surface area contributed by atoms with E-state index in [1.807, 2.05) is 35.2 Å². The number of carbonyl (C=O) groups excluding carboxylic acids is 1. The molecule has 4 rings (SSSR count). The lowest BCUT2D eigenvalue weighted by Gasteiger charge is -2.28. The van der Waals surface area contributed by atoms with Gasteiger partial charge in [-0.05, 0) is 55.5 Å². The SMILES string of the molecule is COc1ccccc1[C@H]1CCN(CCN(C(=O)CC2CCCCC2)c2ccccn2)C1. The molecule has 0 bridgehead atoms. The minimum atomic E-state index is 0.228. The second-order valence-electron chi connectivity index (χ2n) is 8.97. The maximum atomic E-state index is 13.2. The predicted molar refractivity (Wildman–Crippen MR) is 125 cm³/mol. The van der Waals surface area contributed by atoms with Gasteiger partial charge >= 0.3 is 0 Å². The predicted octanol–water partition coefficient (Wildman–Crippen LogP) is 4.88. The molecule has 1 saturated carbocycles. The molecule has 0 spiro atoms. The molecule has 166 valence electrons. The third-order valence-electron chi connectivity index (χ3n) is 6.91. The van der Waals surface area contributed by atoms with E-state index in [4.69, 9.17) is 4.74 Å². The maximum absolute atomic E-state index is 13.2. The number of methoxy groups -OCH3 is 1. The van der Waals surface area contributed by atoms with Gasteiger partial charge in [0, 0.05) is 38.2 Å². The summed E-state index contributed by atoms with van der Waals surface area (Å²) in [6, 6.07) is 14.2. The highest BCUT2D eigenvalue weighted by Crippen LogP contribution is 2.33. The van der Waals surface area contributed by atoms with Crippen LogP contribution in [-0.2, 0) is 4.79 Å². The summed E-state index contributed by atoms with van der Waals surface area (Å²) in [5.41, 5.74) is 1.29. The lowest BCUT2D eigenvalue weighted by atomic mass is 9.86. The van der Waals surface area contributed by atoms with E-state index in [-0.39, 0.29) is 5.91 Å². The van der Waals surface area contributed by atoms with E-state index in [1.54, 1.807) is 13.3 Å². The number of ether oxygens (including phenoxy) is 1. The van der Waals surface area contributed by atoms with Gasteiger partial charge in [0.2, 0.25) is 5.91 Å². The third-order valence-corrected chi connectivity index (χ3v) is 6.91. The van der Waals surface area contributed by atoms with E-state index in [0.29, 0.717) is 24.8 Å². The lowest BCUT2D eigenvalue weighted by molar-refractivity contribution is -0.119. The Kier molecular flexibility index (Phi) is 7.57. The van der Waals surface area contributed by atoms with Crippen molar-refractivity contribution >= 4 is 11.7 Å². The van der Waals surface area contributed by atoms with Crippen LogP contribution < -0.4 is 9.64 Å². The van der Waals surface area contributed by atoms with Gasteiger partial charge < -0.3 is 9.64 Å². The van der Waals surface area contributed by atoms with E-state index in [0.717, 1.165) is 37.6 Å². The quantitative estimate of drug-likeness (QED) is 0.609. The topological polar surface area (TPSA) is 45.7 Å². The molecular formula is C26H35N3O2. The first-order chi connectivity index (χ1) is 15.2. The van der Waals surface area contributed by atoms with Gasteiger partial charge in [-0.15, -0.1) is 0 Å². The first kappa shape index (κ1) is 21.8. The number of benzene rings is 1. The number of amides is 1. The van der Waals surface area contributed by atoms with E-state index < -0.39 is 0 Å². The zero-order valence-corrected chi connectivity index (χ0v) is 18.7. The largest absolute Gasteiger partial charge is 0.496 e. The van der Waals surface area contributed by atoms with Crippen molar-refractivity contribution in [3.8, 4) is 5.75 Å². The lowest BCUT2D eigenvalue weighted by Crippen LogP contribution is -2.39. The molecule has 1 aliphatic carbocycles. The summed E-state index contributed by atoms with van der Waals surface area (Å²) >= 11 is 0. The van der Waals surface area contributed by atoms with Crippen molar-refractivity contribution in [3.05, 3.63) is 54.2 Å². The van der Waals surface area contributed by atoms with E-state index in [9.17, 15) is 4.79 Å². The minimum Gasteiger partial charge on any atom is -0.496 e. The fourth-order valence-electron chi connectivity index (χ4n) is 5.16. The molecule has 1 amide bonds. The minimum absolute atomic E-state index is 0.228. The van der Waals surface area contributed by atoms with E-state index in [1.165, 1.54) is 37.7 Å². The number of rotatable bonds is 8. The van der Waals surface area contributed by atoms with Crippen LogP contribution in [0.2, 0.25) is 0 Å². The number of para-hydroxylation sites is 1. The highest BCUT2D eigenvalue weighted by molar-refractivity contribution is 5.92. The molecule has 2 aromatic rings. The summed E-state index contributed by atoms with van der Waals surface area (Å²) in [6.45, 7) is 3.63. The molecule has 31 heavy (non-hydrogen) atoms. The molecule has 1 aromatic heterocycles. The third kappa shape index (κ3) is 5.65. The van der Waals surface area contributed by atoms with Crippen LogP contribution in [0.25, 0.3) is 0 Å². The van der Waals surface area contributed by atoms with Crippen molar-refractivity contribution in [2.45, 2.75) is 50.9 Å². The maximum Gasteiger partial charge on any atom is 0.228 e. The van der Waals surface area contributed by atoms with Gasteiger partial charge in [0.15, 0.2) is 0 Å². The Labute approximate surface area is 186 Å². The summed E-state index contributed by atoms with van der Waals surface area (Å²) < 4.78 is 5.57. The number of aromatic nitrogens is 1. The first-order valence-corrected chi connectivity index (χ1v) is 11.8. The standard InChI is InChI=1S/C26H35N3O2/c1-31-24-12-6-5-11-23(24)22-14-16-28(20-22)17-18-29(25-13-7-8-15-27-25)26(30)19-21-9-3-2-4-10-21/h5-8,11-13,15,21-22H,2-4,9-10,14,16-20H2,1H3/t22-/m0/s1. The molecule has 0 unspecified atom stereocenters. The van der Waals surface area contributed by atoms with Crippen molar-refractivity contribution in [1.82, 2.24) is 9.88 Å². The number of hydrogen-bond donors (Lipinski definition) is 0. The van der Waals surface area contributed by atoms with Crippen molar-refractivity contribution in [2.24, 2.45) is 5.92 Å². The Hall–Kier alpha value is -2.40. The molecule has 0 N–H and O–H groups in total. The molecule has 2 heterocycles. The van der Waals surface area contributed by atoms with Gasteiger partial charge in [0.25, 0.3) is 0 Å². The Morgan fingerprint density at radius 1 is 1.10 bits per heavy atom. The summed E-state index contributed by atoms with van der Waals surface area (Å²) in [6.07, 6.45) is 9.78. The summed E-state index contributed by atoms with van der Waals surface area (Å²) in [4.78, 5) is 22.1. The second kappa shape index (κ2) is 10.8. The number of anilines is 1. The van der Waals surface area contributed by atoms with Gasteiger partial charge in [0.1, 0.15) is 11.6 Å². The number of likely N-dealkylation sites (tertiary alicyclic amines) is 1. The van der Waals surface area contributed by atoms with Crippen LogP contribution in [0.15, 0.2) is 48.7 Å². The molecule has 2 fully saturated rings. The molecule has 1 aromatic carbocycles. The summed E-state index contributed by atoms with van der Waals surface area (Å²) in [5.74, 6) is 3.01. The molecule has 2 aliphatic rings. The molecule has 5 heteroatoms. The fourth-order valence-corrected chi connectivity index (χ4v) is 5.16. The summed E-state index contributed by atoms with van der Waals surface area (Å²) in [5, 5.41) is 0. The van der Waals surface area contributed by atoms with Gasteiger partial charge in [-0.1, -0.05) is 43.5 Å². The molecular weight excluding hydrogens is 386 g/mol. The normalized spacial score (nSPS) is 20.0. The smallest absolute Gasteiger partial charge is 0.228 e. The van der Waals surface area contributed by atoms with Gasteiger partial charge in [-0.25, -0.2) is 4.98 Å². The zero-order chi connectivity index (χ0) is 21.5. The van der Waals surface area contributed by atoms with Crippen LogP contribution in [0.1, 0.15) is 56.4 Å². The van der Waals surface area contributed by atoms with Gasteiger partial charge in [0.05, 0.1) is 7.11 Å². The second-order valence-corrected chi connectivity index (χ2v) is 8.97. The number of pyridine rings is 1. The zero-order valence-electron chi connectivity index (χ0n) is 18.7. The monoisotopic (exact) mass is 421 g/mol. The van der Waals surface area contributed by atoms with Gasteiger partial charge in [-0.2, -0.15) is 0 Å². The molecule has 0 radical (unpaired) electrons. The molecule has 1 saturated heterocycles. The van der Waals surface area contributed by atoms with Crippen LogP contribution >= 0.6 is 0 Å². The van der Waals surface area contributed by atoms with Crippen LogP contribution in [0.5, 0.6) is 5.75 Å². The number of nitrogens with zero attached hydrogens (tertiary/aromatic N) is 3. The highest BCUT2D eigenvalue weighted by Gasteiger charge is 2.28. The van der Waals surface area contributed by atoms with Crippen LogP contribution in [-0.4, -0.2) is 49.1 Å². The van der Waals surface area contributed by atoms with E-state index >= 15 is 0 Å². The van der Waals surface area contributed by atoms with E-state index in [2.05, 4.69) is 22.0 Å². The van der Waals surface area contributed by atoms with Crippen molar-refractivity contribution < 1.29 is 9.53 Å². The Balaban J connectivity index is 1.38. The summed E-state index contributed by atoms with van der Waals surface area (Å²) in [7, 11) is 1.74. The van der Waals surface area contributed by atoms with Gasteiger partial charge in [-0.3, -0.25) is 9.69 Å². The van der Waals surface area contributed by atoms with Crippen molar-refractivity contribution in [2.75, 3.05) is 38.2 Å². The van der Waals surface area contributed by atoms with Crippen LogP contribution in [0.3, 0.4) is 0 Å². The Bertz CT molecular complexity index is 836. The Morgan fingerprint density at radius 3 is 2.68 bits per heavy atom.